The topological polar surface area (TPSA) is 83.7 Å². The zero-order valence-electron chi connectivity index (χ0n) is 14.4. The van der Waals surface area contributed by atoms with Gasteiger partial charge in [-0.2, -0.15) is 4.31 Å². The minimum absolute atomic E-state index is 0.0204. The zero-order chi connectivity index (χ0) is 17.0. The fourth-order valence-corrected chi connectivity index (χ4v) is 5.49. The number of carbonyl (C=O) groups is 1. The van der Waals surface area contributed by atoms with Gasteiger partial charge in [0, 0.05) is 25.7 Å². The van der Waals surface area contributed by atoms with Crippen LogP contribution >= 0.6 is 0 Å². The number of piperidine rings is 1. The van der Waals surface area contributed by atoms with Gasteiger partial charge in [-0.25, -0.2) is 8.42 Å². The van der Waals surface area contributed by atoms with Crippen molar-refractivity contribution in [3.63, 3.8) is 0 Å². The first kappa shape index (κ1) is 18.7. The molecule has 3 unspecified atom stereocenters. The van der Waals surface area contributed by atoms with E-state index in [2.05, 4.69) is 0 Å². The van der Waals surface area contributed by atoms with Gasteiger partial charge in [-0.05, 0) is 44.9 Å². The van der Waals surface area contributed by atoms with Gasteiger partial charge in [0.2, 0.25) is 15.9 Å². The average molecular weight is 346 g/mol. The molecule has 2 rings (SSSR count). The second kappa shape index (κ2) is 7.94. The maximum absolute atomic E-state index is 12.9. The summed E-state index contributed by atoms with van der Waals surface area (Å²) in [6.07, 6.45) is 4.90. The summed E-state index contributed by atoms with van der Waals surface area (Å²) < 4.78 is 26.5. The van der Waals surface area contributed by atoms with Gasteiger partial charge in [-0.15, -0.1) is 0 Å². The summed E-state index contributed by atoms with van der Waals surface area (Å²) in [5, 5.41) is 0. The number of rotatable bonds is 6. The van der Waals surface area contributed by atoms with Gasteiger partial charge in [0.15, 0.2) is 0 Å². The van der Waals surface area contributed by atoms with Gasteiger partial charge in [-0.1, -0.05) is 13.3 Å². The van der Waals surface area contributed by atoms with Crippen LogP contribution in [0.4, 0.5) is 0 Å². The lowest BCUT2D eigenvalue weighted by molar-refractivity contribution is -0.136. The van der Waals surface area contributed by atoms with E-state index in [1.54, 1.807) is 0 Å². The minimum Gasteiger partial charge on any atom is -0.341 e. The molecule has 0 aromatic heterocycles. The highest BCUT2D eigenvalue weighted by molar-refractivity contribution is 7.89. The van der Waals surface area contributed by atoms with Gasteiger partial charge in [0.1, 0.15) is 6.04 Å². The minimum atomic E-state index is -3.32. The van der Waals surface area contributed by atoms with Crippen LogP contribution in [0, 0.1) is 5.92 Å². The summed E-state index contributed by atoms with van der Waals surface area (Å²) in [5.74, 6) is 0.447. The number of hydrogen-bond donors (Lipinski definition) is 1. The molecule has 0 spiro atoms. The molecule has 0 radical (unpaired) electrons. The van der Waals surface area contributed by atoms with E-state index < -0.39 is 16.1 Å². The number of nitrogens with zero attached hydrogens (tertiary/aromatic N) is 2. The van der Waals surface area contributed by atoms with Crippen molar-refractivity contribution in [3.05, 3.63) is 0 Å². The number of likely N-dealkylation sites (tertiary alicyclic amines) is 1. The molecule has 1 amide bonds. The van der Waals surface area contributed by atoms with Gasteiger partial charge in [0.05, 0.1) is 5.75 Å². The molecule has 3 atom stereocenters. The van der Waals surface area contributed by atoms with Crippen molar-refractivity contribution >= 4 is 15.9 Å². The molecule has 23 heavy (non-hydrogen) atoms. The summed E-state index contributed by atoms with van der Waals surface area (Å²) in [6.45, 7) is 5.82. The Morgan fingerprint density at radius 2 is 1.96 bits per heavy atom. The van der Waals surface area contributed by atoms with E-state index in [1.165, 1.54) is 4.31 Å². The van der Waals surface area contributed by atoms with Crippen LogP contribution in [0.2, 0.25) is 0 Å². The molecule has 2 fully saturated rings. The maximum Gasteiger partial charge on any atom is 0.241 e. The molecular weight excluding hydrogens is 314 g/mol. The molecule has 0 saturated carbocycles. The van der Waals surface area contributed by atoms with E-state index in [1.807, 2.05) is 18.7 Å². The number of carbonyl (C=O) groups excluding carboxylic acids is 1. The van der Waals surface area contributed by atoms with Crippen LogP contribution in [-0.4, -0.2) is 61.0 Å². The Morgan fingerprint density at radius 3 is 2.61 bits per heavy atom. The largest absolute Gasteiger partial charge is 0.341 e. The molecule has 0 aromatic rings. The van der Waals surface area contributed by atoms with Crippen LogP contribution in [0.15, 0.2) is 0 Å². The summed E-state index contributed by atoms with van der Waals surface area (Å²) in [7, 11) is -3.32. The normalized spacial score (nSPS) is 28.0. The van der Waals surface area contributed by atoms with E-state index in [4.69, 9.17) is 5.73 Å². The summed E-state index contributed by atoms with van der Waals surface area (Å²) in [4.78, 5) is 14.7. The van der Waals surface area contributed by atoms with Crippen LogP contribution in [0.3, 0.4) is 0 Å². The third-order valence-electron chi connectivity index (χ3n) is 5.11. The Morgan fingerprint density at radius 1 is 1.26 bits per heavy atom. The van der Waals surface area contributed by atoms with Crippen LogP contribution in [0.1, 0.15) is 52.4 Å². The maximum atomic E-state index is 12.9. The van der Waals surface area contributed by atoms with Crippen molar-refractivity contribution in [1.82, 2.24) is 9.21 Å². The van der Waals surface area contributed by atoms with E-state index in [0.29, 0.717) is 31.8 Å². The first-order valence-corrected chi connectivity index (χ1v) is 10.5. The smallest absolute Gasteiger partial charge is 0.241 e. The second-order valence-electron chi connectivity index (χ2n) is 6.98. The first-order chi connectivity index (χ1) is 10.9. The van der Waals surface area contributed by atoms with Crippen LogP contribution in [-0.2, 0) is 14.8 Å². The highest BCUT2D eigenvalue weighted by atomic mass is 32.2. The van der Waals surface area contributed by atoms with Crippen molar-refractivity contribution < 1.29 is 13.2 Å². The number of unbranched alkanes of at least 4 members (excludes halogenated alkanes) is 1. The fourth-order valence-electron chi connectivity index (χ4n) is 3.61. The molecule has 7 heteroatoms. The zero-order valence-corrected chi connectivity index (χ0v) is 15.2. The average Bonchev–Trinajstić information content (AvgIpc) is 3.03. The summed E-state index contributed by atoms with van der Waals surface area (Å²) in [5.41, 5.74) is 5.99. The molecule has 0 bridgehead atoms. The fraction of sp³-hybridized carbons (Fsp3) is 0.938. The lowest BCUT2D eigenvalue weighted by Gasteiger charge is -2.37. The molecule has 2 heterocycles. The number of sulfonamides is 1. The van der Waals surface area contributed by atoms with Crippen molar-refractivity contribution in [2.75, 3.05) is 25.4 Å². The third-order valence-corrected chi connectivity index (χ3v) is 7.07. The quantitative estimate of drug-likeness (QED) is 0.783. The van der Waals surface area contributed by atoms with Gasteiger partial charge >= 0.3 is 0 Å². The number of hydrogen-bond acceptors (Lipinski definition) is 4. The van der Waals surface area contributed by atoms with Crippen molar-refractivity contribution in [3.8, 4) is 0 Å². The molecule has 2 N–H and O–H groups in total. The Labute approximate surface area is 140 Å². The lowest BCUT2D eigenvalue weighted by Crippen LogP contribution is -2.52. The molecular formula is C16H31N3O3S. The highest BCUT2D eigenvalue weighted by Gasteiger charge is 2.41. The van der Waals surface area contributed by atoms with E-state index in [9.17, 15) is 13.2 Å². The molecule has 2 saturated heterocycles. The predicted molar refractivity (Wildman–Crippen MR) is 91.4 cm³/mol. The van der Waals surface area contributed by atoms with E-state index in [0.717, 1.165) is 32.2 Å². The number of amides is 1. The van der Waals surface area contributed by atoms with Crippen LogP contribution in [0.25, 0.3) is 0 Å². The first-order valence-electron chi connectivity index (χ1n) is 8.90. The Hall–Kier alpha value is -0.660. The Kier molecular flexibility index (Phi) is 6.45. The molecule has 134 valence electrons. The molecule has 6 nitrogen and oxygen atoms in total. The predicted octanol–water partition coefficient (Wildman–Crippen LogP) is 1.17. The standard InChI is InChI=1S/C16H31N3O3S/c1-3-4-11-23(21,22)19-10-6-8-15(19)16(20)18-9-5-7-14(12-18)13(2)17/h13-15H,3-12,17H2,1-2H3. The van der Waals surface area contributed by atoms with Gasteiger partial charge < -0.3 is 10.6 Å². The van der Waals surface area contributed by atoms with E-state index in [-0.39, 0.29) is 17.7 Å². The highest BCUT2D eigenvalue weighted by Crippen LogP contribution is 2.26. The van der Waals surface area contributed by atoms with E-state index >= 15 is 0 Å². The second-order valence-corrected chi connectivity index (χ2v) is 9.03. The van der Waals surface area contributed by atoms with Crippen LogP contribution in [0.5, 0.6) is 0 Å². The van der Waals surface area contributed by atoms with Crippen molar-refractivity contribution in [1.29, 1.82) is 0 Å². The van der Waals surface area contributed by atoms with Gasteiger partial charge in [-0.3, -0.25) is 4.79 Å². The summed E-state index contributed by atoms with van der Waals surface area (Å²) >= 11 is 0. The Bertz CT molecular complexity index is 507. The monoisotopic (exact) mass is 345 g/mol. The molecule has 0 aromatic carbocycles. The molecule has 2 aliphatic heterocycles. The van der Waals surface area contributed by atoms with Crippen LogP contribution < -0.4 is 5.73 Å². The lowest BCUT2D eigenvalue weighted by atomic mass is 9.92. The SMILES string of the molecule is CCCCS(=O)(=O)N1CCCC1C(=O)N1CCCC(C(C)N)C1. The van der Waals surface area contributed by atoms with Crippen molar-refractivity contribution in [2.24, 2.45) is 11.7 Å². The Balaban J connectivity index is 2.05. The van der Waals surface area contributed by atoms with Gasteiger partial charge in [0.25, 0.3) is 0 Å². The summed E-state index contributed by atoms with van der Waals surface area (Å²) in [6, 6.07) is -0.428. The third kappa shape index (κ3) is 4.45. The molecule has 2 aliphatic rings. The molecule has 0 aliphatic carbocycles. The van der Waals surface area contributed by atoms with Crippen molar-refractivity contribution in [2.45, 2.75) is 64.5 Å². The number of nitrogens with two attached hydrogens (primary N) is 1.